The Morgan fingerprint density at radius 1 is 1.62 bits per heavy atom. The van der Waals surface area contributed by atoms with Crippen molar-refractivity contribution in [1.82, 2.24) is 20.3 Å². The predicted molar refractivity (Wildman–Crippen MR) is 63.9 cm³/mol. The van der Waals surface area contributed by atoms with Gasteiger partial charge in [-0.25, -0.2) is 0 Å². The van der Waals surface area contributed by atoms with Gasteiger partial charge in [-0.15, -0.1) is 5.10 Å². The summed E-state index contributed by atoms with van der Waals surface area (Å²) in [6.07, 6.45) is 4.34. The molecule has 0 radical (unpaired) electrons. The molecule has 90 valence electrons. The first-order chi connectivity index (χ1) is 7.56. The quantitative estimate of drug-likeness (QED) is 0.827. The van der Waals surface area contributed by atoms with Crippen LogP contribution >= 0.6 is 0 Å². The van der Waals surface area contributed by atoms with Gasteiger partial charge in [0.25, 0.3) is 0 Å². The van der Waals surface area contributed by atoms with Crippen LogP contribution in [0.1, 0.15) is 45.3 Å². The molecular formula is C12H22N4. The van der Waals surface area contributed by atoms with Gasteiger partial charge >= 0.3 is 0 Å². The summed E-state index contributed by atoms with van der Waals surface area (Å²) in [7, 11) is 1.97. The van der Waals surface area contributed by atoms with Gasteiger partial charge in [0, 0.05) is 7.05 Å². The molecule has 0 aromatic carbocycles. The van der Waals surface area contributed by atoms with Crippen molar-refractivity contribution in [3.05, 3.63) is 11.9 Å². The van der Waals surface area contributed by atoms with Crippen molar-refractivity contribution < 1.29 is 0 Å². The first kappa shape index (κ1) is 11.6. The van der Waals surface area contributed by atoms with Crippen molar-refractivity contribution in [3.8, 4) is 0 Å². The molecule has 0 amide bonds. The number of hydrogen-bond acceptors (Lipinski definition) is 3. The molecule has 1 aromatic heterocycles. The minimum Gasteiger partial charge on any atom is -0.308 e. The summed E-state index contributed by atoms with van der Waals surface area (Å²) in [6, 6.07) is 0.412. The lowest BCUT2D eigenvalue weighted by molar-refractivity contribution is 0.396. The van der Waals surface area contributed by atoms with E-state index in [2.05, 4.69) is 36.4 Å². The molecule has 0 spiro atoms. The molecule has 0 saturated heterocycles. The third kappa shape index (κ3) is 2.12. The largest absolute Gasteiger partial charge is 0.308 e. The minimum absolute atomic E-state index is 0.412. The van der Waals surface area contributed by atoms with Gasteiger partial charge in [0.1, 0.15) is 0 Å². The average Bonchev–Trinajstić information content (AvgIpc) is 2.65. The Kier molecular flexibility index (Phi) is 3.02. The van der Waals surface area contributed by atoms with Gasteiger partial charge in [-0.2, -0.15) is 0 Å². The van der Waals surface area contributed by atoms with Crippen LogP contribution in [0.3, 0.4) is 0 Å². The Hall–Kier alpha value is -0.900. The maximum Gasteiger partial charge on any atom is 0.0756 e. The van der Waals surface area contributed by atoms with Crippen LogP contribution < -0.4 is 5.32 Å². The van der Waals surface area contributed by atoms with Crippen molar-refractivity contribution in [2.24, 2.45) is 18.4 Å². The van der Waals surface area contributed by atoms with E-state index in [4.69, 9.17) is 0 Å². The molecule has 1 N–H and O–H groups in total. The molecule has 1 aliphatic rings. The van der Waals surface area contributed by atoms with Gasteiger partial charge in [-0.1, -0.05) is 26.0 Å². The van der Waals surface area contributed by atoms with Crippen molar-refractivity contribution in [2.45, 2.75) is 39.7 Å². The van der Waals surface area contributed by atoms with Gasteiger partial charge in [0.2, 0.25) is 0 Å². The molecule has 2 unspecified atom stereocenters. The van der Waals surface area contributed by atoms with E-state index in [0.717, 1.165) is 18.9 Å². The molecule has 1 heterocycles. The Labute approximate surface area is 97.4 Å². The maximum atomic E-state index is 4.03. The highest BCUT2D eigenvalue weighted by atomic mass is 15.4. The van der Waals surface area contributed by atoms with E-state index in [-0.39, 0.29) is 0 Å². The number of hydrogen-bond donors (Lipinski definition) is 1. The van der Waals surface area contributed by atoms with Gasteiger partial charge in [-0.3, -0.25) is 4.68 Å². The van der Waals surface area contributed by atoms with Crippen LogP contribution in [0.2, 0.25) is 0 Å². The molecule has 1 aliphatic carbocycles. The van der Waals surface area contributed by atoms with E-state index in [0.29, 0.717) is 11.5 Å². The minimum atomic E-state index is 0.412. The van der Waals surface area contributed by atoms with Crippen LogP contribution in [0.4, 0.5) is 0 Å². The fraction of sp³-hybridized carbons (Fsp3) is 0.833. The monoisotopic (exact) mass is 222 g/mol. The third-order valence-corrected chi connectivity index (χ3v) is 3.67. The SMILES string of the molecule is CCCNC(c1cnnn1C)C1CC1(C)C. The number of aryl methyl sites for hydroxylation is 1. The molecule has 0 aliphatic heterocycles. The topological polar surface area (TPSA) is 42.7 Å². The van der Waals surface area contributed by atoms with E-state index in [1.54, 1.807) is 0 Å². The lowest BCUT2D eigenvalue weighted by Gasteiger charge is -2.19. The number of nitrogens with one attached hydrogen (secondary N) is 1. The lowest BCUT2D eigenvalue weighted by atomic mass is 10.0. The molecule has 1 fully saturated rings. The zero-order valence-electron chi connectivity index (χ0n) is 10.7. The van der Waals surface area contributed by atoms with Crippen molar-refractivity contribution >= 4 is 0 Å². The molecule has 2 rings (SSSR count). The van der Waals surface area contributed by atoms with Crippen molar-refractivity contribution in [1.29, 1.82) is 0 Å². The second-order valence-corrected chi connectivity index (χ2v) is 5.51. The van der Waals surface area contributed by atoms with Crippen LogP contribution in [-0.2, 0) is 7.05 Å². The first-order valence-electron chi connectivity index (χ1n) is 6.14. The van der Waals surface area contributed by atoms with Gasteiger partial charge in [-0.05, 0) is 30.7 Å². The van der Waals surface area contributed by atoms with E-state index in [1.165, 1.54) is 12.1 Å². The van der Waals surface area contributed by atoms with Crippen molar-refractivity contribution in [2.75, 3.05) is 6.54 Å². The van der Waals surface area contributed by atoms with Crippen LogP contribution in [-0.4, -0.2) is 21.5 Å². The predicted octanol–water partition coefficient (Wildman–Crippen LogP) is 1.90. The zero-order valence-corrected chi connectivity index (χ0v) is 10.7. The standard InChI is InChI=1S/C12H22N4/c1-5-6-13-11(9-7-12(9,2)3)10-8-14-15-16(10)4/h8-9,11,13H,5-7H2,1-4H3. The van der Waals surface area contributed by atoms with Crippen LogP contribution in [0, 0.1) is 11.3 Å². The van der Waals surface area contributed by atoms with Crippen LogP contribution in [0.25, 0.3) is 0 Å². The highest BCUT2D eigenvalue weighted by molar-refractivity contribution is 5.12. The Bertz CT molecular complexity index is 356. The Morgan fingerprint density at radius 2 is 2.31 bits per heavy atom. The normalized spacial score (nSPS) is 24.4. The molecular weight excluding hydrogens is 200 g/mol. The summed E-state index contributed by atoms with van der Waals surface area (Å²) >= 11 is 0. The molecule has 0 bridgehead atoms. The van der Waals surface area contributed by atoms with E-state index in [9.17, 15) is 0 Å². The molecule has 16 heavy (non-hydrogen) atoms. The zero-order chi connectivity index (χ0) is 11.8. The fourth-order valence-electron chi connectivity index (χ4n) is 2.41. The summed E-state index contributed by atoms with van der Waals surface area (Å²) in [4.78, 5) is 0. The number of aromatic nitrogens is 3. The maximum absolute atomic E-state index is 4.03. The fourth-order valence-corrected chi connectivity index (χ4v) is 2.41. The smallest absolute Gasteiger partial charge is 0.0756 e. The lowest BCUT2D eigenvalue weighted by Crippen LogP contribution is -2.27. The van der Waals surface area contributed by atoms with Crippen LogP contribution in [0.15, 0.2) is 6.20 Å². The summed E-state index contributed by atoms with van der Waals surface area (Å²) < 4.78 is 1.89. The second-order valence-electron chi connectivity index (χ2n) is 5.51. The number of rotatable bonds is 5. The Balaban J connectivity index is 2.13. The molecule has 4 nitrogen and oxygen atoms in total. The summed E-state index contributed by atoms with van der Waals surface area (Å²) in [5.74, 6) is 0.719. The molecule has 2 atom stereocenters. The Morgan fingerprint density at radius 3 is 2.75 bits per heavy atom. The van der Waals surface area contributed by atoms with Crippen LogP contribution in [0.5, 0.6) is 0 Å². The molecule has 1 aromatic rings. The molecule has 4 heteroatoms. The van der Waals surface area contributed by atoms with Gasteiger partial charge in [0.05, 0.1) is 17.9 Å². The summed E-state index contributed by atoms with van der Waals surface area (Å²) in [5.41, 5.74) is 1.68. The summed E-state index contributed by atoms with van der Waals surface area (Å²) in [6.45, 7) is 7.93. The van der Waals surface area contributed by atoms with E-state index < -0.39 is 0 Å². The first-order valence-corrected chi connectivity index (χ1v) is 6.14. The summed E-state index contributed by atoms with van der Waals surface area (Å²) in [5, 5.41) is 11.6. The second kappa shape index (κ2) is 4.17. The van der Waals surface area contributed by atoms with Gasteiger partial charge < -0.3 is 5.32 Å². The third-order valence-electron chi connectivity index (χ3n) is 3.67. The van der Waals surface area contributed by atoms with Crippen molar-refractivity contribution in [3.63, 3.8) is 0 Å². The number of nitrogens with zero attached hydrogens (tertiary/aromatic N) is 3. The highest BCUT2D eigenvalue weighted by Gasteiger charge is 2.51. The highest BCUT2D eigenvalue weighted by Crippen LogP contribution is 2.57. The average molecular weight is 222 g/mol. The van der Waals surface area contributed by atoms with Gasteiger partial charge in [0.15, 0.2) is 0 Å². The van der Waals surface area contributed by atoms with E-state index >= 15 is 0 Å². The van der Waals surface area contributed by atoms with E-state index in [1.807, 2.05) is 17.9 Å². The molecule has 1 saturated carbocycles.